The van der Waals surface area contributed by atoms with Crippen molar-refractivity contribution < 1.29 is 19.1 Å². The van der Waals surface area contributed by atoms with E-state index in [1.807, 2.05) is 48.5 Å². The molecule has 45 heavy (non-hydrogen) atoms. The molecule has 1 fully saturated rings. The van der Waals surface area contributed by atoms with Crippen molar-refractivity contribution in [2.24, 2.45) is 0 Å². The van der Waals surface area contributed by atoms with E-state index < -0.39 is 17.8 Å². The number of benzene rings is 4. The average Bonchev–Trinajstić information content (AvgIpc) is 3.07. The first-order chi connectivity index (χ1) is 22.0. The lowest BCUT2D eigenvalue weighted by molar-refractivity contribution is -0.122. The van der Waals surface area contributed by atoms with Crippen LogP contribution in [-0.4, -0.2) is 37.5 Å². The van der Waals surface area contributed by atoms with Gasteiger partial charge in [-0.15, -0.1) is 6.42 Å². The summed E-state index contributed by atoms with van der Waals surface area (Å²) in [5, 5.41) is 2.40. The Morgan fingerprint density at radius 1 is 0.822 bits per heavy atom. The molecule has 3 heterocycles. The first-order valence-corrected chi connectivity index (χ1v) is 15.1. The topological polar surface area (TPSA) is 79.0 Å². The molecular weight excluding hydrogens is 562 g/mol. The summed E-state index contributed by atoms with van der Waals surface area (Å²) in [6.45, 7) is 1.99. The number of terminal acetylenes is 1. The summed E-state index contributed by atoms with van der Waals surface area (Å²) in [6.07, 6.45) is 8.60. The minimum Gasteiger partial charge on any atom is -0.481 e. The molecule has 7 heteroatoms. The molecule has 222 valence electrons. The first-order valence-electron chi connectivity index (χ1n) is 15.1. The van der Waals surface area contributed by atoms with E-state index >= 15 is 0 Å². The number of rotatable bonds is 6. The first kappa shape index (κ1) is 28.2. The lowest BCUT2D eigenvalue weighted by atomic mass is 9.76. The van der Waals surface area contributed by atoms with Crippen LogP contribution in [0, 0.1) is 12.3 Å². The van der Waals surface area contributed by atoms with Crippen molar-refractivity contribution in [2.45, 2.75) is 24.7 Å². The molecule has 7 rings (SSSR count). The summed E-state index contributed by atoms with van der Waals surface area (Å²) < 4.78 is 5.43. The fourth-order valence-electron chi connectivity index (χ4n) is 6.81. The van der Waals surface area contributed by atoms with E-state index in [0.29, 0.717) is 17.0 Å². The average molecular weight is 594 g/mol. The Bertz CT molecular complexity index is 1790. The molecule has 3 aliphatic rings. The highest BCUT2D eigenvalue weighted by Crippen LogP contribution is 2.50. The Hall–Kier alpha value is -5.61. The summed E-state index contributed by atoms with van der Waals surface area (Å²) in [5.74, 6) is 1.79. The number of nitrogens with zero attached hydrogens (tertiary/aromatic N) is 2. The summed E-state index contributed by atoms with van der Waals surface area (Å²) in [6, 6.07) is 30.8. The minimum atomic E-state index is -0.761. The van der Waals surface area contributed by atoms with Crippen LogP contribution >= 0.6 is 0 Å². The molecule has 2 atom stereocenters. The molecule has 3 aliphatic heterocycles. The van der Waals surface area contributed by atoms with Crippen molar-refractivity contribution in [2.75, 3.05) is 29.5 Å². The molecule has 1 N–H and O–H groups in total. The van der Waals surface area contributed by atoms with Crippen LogP contribution in [0.1, 0.15) is 52.5 Å². The molecule has 0 spiro atoms. The van der Waals surface area contributed by atoms with E-state index in [4.69, 9.17) is 11.2 Å². The zero-order chi connectivity index (χ0) is 30.9. The number of hydrogen-bond donors (Lipinski definition) is 1. The Kier molecular flexibility index (Phi) is 7.40. The van der Waals surface area contributed by atoms with Gasteiger partial charge < -0.3 is 9.64 Å². The molecule has 4 aromatic carbocycles. The molecule has 7 nitrogen and oxygen atoms in total. The maximum absolute atomic E-state index is 14.0. The van der Waals surface area contributed by atoms with Gasteiger partial charge in [-0.1, -0.05) is 78.7 Å². The third-order valence-electron chi connectivity index (χ3n) is 8.87. The highest BCUT2D eigenvalue weighted by Gasteiger charge is 2.40. The van der Waals surface area contributed by atoms with Crippen molar-refractivity contribution in [3.63, 3.8) is 0 Å². The van der Waals surface area contributed by atoms with Gasteiger partial charge in [-0.05, 0) is 71.0 Å². The summed E-state index contributed by atoms with van der Waals surface area (Å²) in [4.78, 5) is 44.0. The Labute approximate surface area is 262 Å². The fraction of sp³-hybridized carbons (Fsp3) is 0.184. The van der Waals surface area contributed by atoms with Crippen LogP contribution in [0.25, 0.3) is 6.08 Å². The quantitative estimate of drug-likeness (QED) is 0.163. The van der Waals surface area contributed by atoms with E-state index in [-0.39, 0.29) is 24.0 Å². The third-order valence-corrected chi connectivity index (χ3v) is 8.87. The maximum Gasteiger partial charge on any atom is 0.335 e. The number of ether oxygens (including phenoxy) is 1. The van der Waals surface area contributed by atoms with Gasteiger partial charge in [0, 0.05) is 30.6 Å². The third kappa shape index (κ3) is 5.25. The van der Waals surface area contributed by atoms with E-state index in [9.17, 15) is 14.4 Å². The van der Waals surface area contributed by atoms with Crippen LogP contribution in [0.5, 0.6) is 5.75 Å². The monoisotopic (exact) mass is 593 g/mol. The van der Waals surface area contributed by atoms with Gasteiger partial charge in [0.2, 0.25) is 0 Å². The van der Waals surface area contributed by atoms with Gasteiger partial charge in [-0.25, -0.2) is 9.69 Å². The molecular formula is C38H31N3O4. The predicted octanol–water partition coefficient (Wildman–Crippen LogP) is 6.24. The SMILES string of the molecule is C#CCOc1ccc(/C=C2\C(=O)NC(=O)N(c3cc4c5c(c3)[C@@H](c3ccccc3)CCN5CC[C@@H]4c3ccccc3)C2=O)cc1. The highest BCUT2D eigenvalue weighted by molar-refractivity contribution is 6.39. The minimum absolute atomic E-state index is 0.0977. The normalized spacial score (nSPS) is 20.0. The summed E-state index contributed by atoms with van der Waals surface area (Å²) in [7, 11) is 0. The number of carbonyl (C=O) groups excluding carboxylic acids is 3. The van der Waals surface area contributed by atoms with E-state index in [1.165, 1.54) is 22.9 Å². The van der Waals surface area contributed by atoms with E-state index in [2.05, 4.69) is 40.4 Å². The molecule has 4 amide bonds. The summed E-state index contributed by atoms with van der Waals surface area (Å²) >= 11 is 0. The Morgan fingerprint density at radius 2 is 1.40 bits per heavy atom. The molecule has 0 aromatic heterocycles. The Morgan fingerprint density at radius 3 is 1.96 bits per heavy atom. The second kappa shape index (κ2) is 11.8. The van der Waals surface area contributed by atoms with Gasteiger partial charge in [-0.3, -0.25) is 14.9 Å². The van der Waals surface area contributed by atoms with Crippen molar-refractivity contribution >= 4 is 35.3 Å². The van der Waals surface area contributed by atoms with Gasteiger partial charge >= 0.3 is 6.03 Å². The lowest BCUT2D eigenvalue weighted by Gasteiger charge is -2.44. The van der Waals surface area contributed by atoms with Crippen molar-refractivity contribution in [3.05, 3.63) is 130 Å². The zero-order valence-corrected chi connectivity index (χ0v) is 24.6. The zero-order valence-electron chi connectivity index (χ0n) is 24.6. The number of barbiturate groups is 1. The van der Waals surface area contributed by atoms with Crippen LogP contribution in [0.2, 0.25) is 0 Å². The number of hydrogen-bond acceptors (Lipinski definition) is 5. The van der Waals surface area contributed by atoms with Crippen molar-refractivity contribution in [3.8, 4) is 18.1 Å². The largest absolute Gasteiger partial charge is 0.481 e. The van der Waals surface area contributed by atoms with Crippen LogP contribution < -0.4 is 19.9 Å². The molecule has 0 bridgehead atoms. The fourth-order valence-corrected chi connectivity index (χ4v) is 6.81. The van der Waals surface area contributed by atoms with Crippen LogP contribution in [-0.2, 0) is 9.59 Å². The maximum atomic E-state index is 14.0. The second-order valence-corrected chi connectivity index (χ2v) is 11.5. The van der Waals surface area contributed by atoms with Gasteiger partial charge in [0.15, 0.2) is 0 Å². The van der Waals surface area contributed by atoms with E-state index in [1.54, 1.807) is 24.3 Å². The Balaban J connectivity index is 1.34. The number of imide groups is 2. The molecule has 0 aliphatic carbocycles. The number of anilines is 2. The van der Waals surface area contributed by atoms with Gasteiger partial charge in [0.25, 0.3) is 11.8 Å². The number of urea groups is 1. The lowest BCUT2D eigenvalue weighted by Crippen LogP contribution is -2.54. The van der Waals surface area contributed by atoms with Crippen LogP contribution in [0.15, 0.2) is 103 Å². The molecule has 4 aromatic rings. The van der Waals surface area contributed by atoms with Crippen molar-refractivity contribution in [1.82, 2.24) is 5.32 Å². The second-order valence-electron chi connectivity index (χ2n) is 11.5. The standard InChI is InChI=1S/C38H31N3O4/c1-2-21-45-29-15-13-25(14-16-29)22-34-36(42)39-38(44)41(37(34)43)28-23-32-30(26-9-5-3-6-10-26)17-19-40-20-18-31(33(24-28)35(32)40)27-11-7-4-8-12-27/h1,3-16,22-24,30-31H,17-21H2,(H,39,42,44)/b34-22+/t30-,31-/m1/s1. The highest BCUT2D eigenvalue weighted by atomic mass is 16.5. The van der Waals surface area contributed by atoms with Gasteiger partial charge in [-0.2, -0.15) is 0 Å². The van der Waals surface area contributed by atoms with Crippen LogP contribution in [0.4, 0.5) is 16.2 Å². The van der Waals surface area contributed by atoms with Crippen molar-refractivity contribution in [1.29, 1.82) is 0 Å². The summed E-state index contributed by atoms with van der Waals surface area (Å²) in [5.41, 5.74) is 6.68. The number of carbonyl (C=O) groups is 3. The van der Waals surface area contributed by atoms with Crippen LogP contribution in [0.3, 0.4) is 0 Å². The number of nitrogens with one attached hydrogen (secondary N) is 1. The van der Waals surface area contributed by atoms with Gasteiger partial charge in [0.05, 0.1) is 5.69 Å². The predicted molar refractivity (Wildman–Crippen MR) is 174 cm³/mol. The molecule has 1 saturated heterocycles. The molecule has 0 radical (unpaired) electrons. The molecule has 0 unspecified atom stereocenters. The van der Waals surface area contributed by atoms with Gasteiger partial charge in [0.1, 0.15) is 17.9 Å². The number of amides is 4. The smallest absolute Gasteiger partial charge is 0.335 e. The molecule has 0 saturated carbocycles. The van der Waals surface area contributed by atoms with E-state index in [0.717, 1.165) is 42.0 Å².